The number of H-pyrrole nitrogens is 1. The van der Waals surface area contributed by atoms with Gasteiger partial charge in [0.25, 0.3) is 11.9 Å². The Balaban J connectivity index is 1.60. The van der Waals surface area contributed by atoms with Crippen LogP contribution in [-0.4, -0.2) is 53.3 Å². The second kappa shape index (κ2) is 8.49. The lowest BCUT2D eigenvalue weighted by atomic mass is 10.1. The van der Waals surface area contributed by atoms with Gasteiger partial charge in [-0.1, -0.05) is 37.6 Å². The van der Waals surface area contributed by atoms with Crippen molar-refractivity contribution >= 4 is 34.4 Å². The fourth-order valence-corrected chi connectivity index (χ4v) is 3.71. The molecule has 1 aromatic carbocycles. The molecule has 0 spiro atoms. The lowest BCUT2D eigenvalue weighted by Crippen LogP contribution is -2.38. The Labute approximate surface area is 179 Å². The molecule has 1 unspecified atom stereocenters. The number of nitrogens with one attached hydrogen (secondary N) is 1. The lowest BCUT2D eigenvalue weighted by molar-refractivity contribution is -0.126. The molecule has 2 aromatic heterocycles. The molecule has 30 heavy (non-hydrogen) atoms. The molecule has 1 aliphatic rings. The molecule has 0 saturated carbocycles. The van der Waals surface area contributed by atoms with Crippen LogP contribution in [0, 0.1) is 5.92 Å². The zero-order valence-corrected chi connectivity index (χ0v) is 17.6. The predicted octanol–water partition coefficient (Wildman–Crippen LogP) is 3.00. The Morgan fingerprint density at radius 1 is 1.23 bits per heavy atom. The summed E-state index contributed by atoms with van der Waals surface area (Å²) in [6.07, 6.45) is -0.784. The Hall–Kier alpha value is -2.84. The van der Waals surface area contributed by atoms with Crippen molar-refractivity contribution in [2.75, 3.05) is 31.2 Å². The van der Waals surface area contributed by atoms with Crippen molar-refractivity contribution in [1.82, 2.24) is 15.0 Å². The van der Waals surface area contributed by atoms with Crippen molar-refractivity contribution in [3.8, 4) is 17.3 Å². The molecule has 3 heterocycles. The number of morpholine rings is 1. The molecule has 3 aromatic rings. The molecule has 3 N–H and O–H groups in total. The van der Waals surface area contributed by atoms with Gasteiger partial charge in [0.2, 0.25) is 0 Å². The van der Waals surface area contributed by atoms with E-state index in [0.717, 1.165) is 37.6 Å². The minimum atomic E-state index is -0.784. The van der Waals surface area contributed by atoms with E-state index in [-0.39, 0.29) is 11.9 Å². The number of aromatic amines is 1. The highest BCUT2D eigenvalue weighted by Crippen LogP contribution is 2.31. The minimum absolute atomic E-state index is 0.0900. The van der Waals surface area contributed by atoms with Gasteiger partial charge in [0.1, 0.15) is 0 Å². The van der Waals surface area contributed by atoms with Crippen LogP contribution in [0.1, 0.15) is 13.8 Å². The van der Waals surface area contributed by atoms with E-state index >= 15 is 0 Å². The van der Waals surface area contributed by atoms with Crippen LogP contribution >= 0.6 is 11.6 Å². The number of halogens is 1. The van der Waals surface area contributed by atoms with Crippen molar-refractivity contribution in [2.24, 2.45) is 11.7 Å². The van der Waals surface area contributed by atoms with Gasteiger partial charge >= 0.3 is 0 Å². The van der Waals surface area contributed by atoms with Gasteiger partial charge in [-0.25, -0.2) is 4.98 Å². The topological polar surface area (TPSA) is 106 Å². The molecular formula is C21H24ClN5O3. The maximum Gasteiger partial charge on any atom is 0.296 e. The number of rotatable bonds is 6. The van der Waals surface area contributed by atoms with E-state index < -0.39 is 12.0 Å². The number of amides is 1. The number of nitrogens with zero attached hydrogens (tertiary/aromatic N) is 3. The first kappa shape index (κ1) is 20.4. The monoisotopic (exact) mass is 429 g/mol. The van der Waals surface area contributed by atoms with Crippen LogP contribution < -0.4 is 15.4 Å². The molecule has 1 aliphatic heterocycles. The van der Waals surface area contributed by atoms with E-state index in [9.17, 15) is 4.79 Å². The highest BCUT2D eigenvalue weighted by Gasteiger charge is 2.23. The average Bonchev–Trinajstić information content (AvgIpc) is 3.13. The van der Waals surface area contributed by atoms with Gasteiger partial charge in [0.15, 0.2) is 11.8 Å². The van der Waals surface area contributed by atoms with Crippen molar-refractivity contribution < 1.29 is 14.3 Å². The van der Waals surface area contributed by atoms with Gasteiger partial charge in [0, 0.05) is 24.3 Å². The Bertz CT molecular complexity index is 1040. The third-order valence-electron chi connectivity index (χ3n) is 5.05. The van der Waals surface area contributed by atoms with Gasteiger partial charge in [-0.3, -0.25) is 4.79 Å². The number of imidazole rings is 1. The maximum atomic E-state index is 11.6. The fraction of sp³-hybridized carbons (Fsp3) is 0.381. The second-order valence-corrected chi connectivity index (χ2v) is 7.97. The van der Waals surface area contributed by atoms with Gasteiger partial charge in [-0.2, -0.15) is 4.98 Å². The number of pyridine rings is 1. The first-order valence-electron chi connectivity index (χ1n) is 9.87. The Morgan fingerprint density at radius 3 is 2.57 bits per heavy atom. The second-order valence-electron chi connectivity index (χ2n) is 7.56. The van der Waals surface area contributed by atoms with Gasteiger partial charge in [-0.15, -0.1) is 0 Å². The highest BCUT2D eigenvalue weighted by molar-refractivity contribution is 6.33. The third-order valence-corrected chi connectivity index (χ3v) is 5.33. The molecule has 8 nitrogen and oxygen atoms in total. The fourth-order valence-electron chi connectivity index (χ4n) is 3.45. The molecule has 0 aliphatic carbocycles. The van der Waals surface area contributed by atoms with E-state index in [1.165, 1.54) is 0 Å². The van der Waals surface area contributed by atoms with Crippen molar-refractivity contribution in [2.45, 2.75) is 20.0 Å². The largest absolute Gasteiger partial charge is 0.451 e. The molecule has 1 amide bonds. The Morgan fingerprint density at radius 2 is 1.93 bits per heavy atom. The van der Waals surface area contributed by atoms with Crippen LogP contribution in [0.5, 0.6) is 6.01 Å². The number of carbonyl (C=O) groups is 1. The number of nitrogens with two attached hydrogens (primary N) is 1. The summed E-state index contributed by atoms with van der Waals surface area (Å²) in [5.41, 5.74) is 9.15. The van der Waals surface area contributed by atoms with Gasteiger partial charge in [0.05, 0.1) is 29.4 Å². The van der Waals surface area contributed by atoms with E-state index in [4.69, 9.17) is 26.8 Å². The highest BCUT2D eigenvalue weighted by atomic mass is 35.5. The number of benzene rings is 1. The van der Waals surface area contributed by atoms with Gasteiger partial charge < -0.3 is 25.1 Å². The number of hydrogen-bond acceptors (Lipinski definition) is 6. The summed E-state index contributed by atoms with van der Waals surface area (Å²) in [5, 5.41) is 0.493. The average molecular weight is 430 g/mol. The minimum Gasteiger partial charge on any atom is -0.451 e. The molecule has 0 bridgehead atoms. The molecule has 1 fully saturated rings. The van der Waals surface area contributed by atoms with Crippen LogP contribution in [0.15, 0.2) is 30.3 Å². The third kappa shape index (κ3) is 4.20. The number of hydrogen-bond donors (Lipinski definition) is 2. The van der Waals surface area contributed by atoms with Crippen LogP contribution in [-0.2, 0) is 9.53 Å². The molecule has 1 atom stereocenters. The van der Waals surface area contributed by atoms with Gasteiger partial charge in [-0.05, 0) is 24.1 Å². The van der Waals surface area contributed by atoms with Crippen LogP contribution in [0.3, 0.4) is 0 Å². The first-order chi connectivity index (χ1) is 14.4. The zero-order valence-electron chi connectivity index (χ0n) is 16.9. The summed E-state index contributed by atoms with van der Waals surface area (Å²) in [6, 6.07) is 10.0. The standard InChI is InChI=1S/C21H24ClN5O3/c1-12(2)18(19(23)28)30-21-24-16-11-15(22)17(25-20(16)26-21)13-3-5-14(6-4-13)27-7-9-29-10-8-27/h3-6,11-12,18H,7-10H2,1-2H3,(H2,23,28)(H,24,25,26). The Kier molecular flexibility index (Phi) is 5.78. The summed E-state index contributed by atoms with van der Waals surface area (Å²) >= 11 is 6.49. The maximum absolute atomic E-state index is 11.6. The van der Waals surface area contributed by atoms with E-state index in [1.807, 2.05) is 26.0 Å². The molecule has 1 saturated heterocycles. The summed E-state index contributed by atoms with van der Waals surface area (Å²) < 4.78 is 11.1. The van der Waals surface area contributed by atoms with Crippen LogP contribution in [0.25, 0.3) is 22.4 Å². The van der Waals surface area contributed by atoms with E-state index in [0.29, 0.717) is 21.9 Å². The predicted molar refractivity (Wildman–Crippen MR) is 116 cm³/mol. The molecule has 0 radical (unpaired) electrons. The molecule has 158 valence electrons. The smallest absolute Gasteiger partial charge is 0.296 e. The summed E-state index contributed by atoms with van der Waals surface area (Å²) in [6.45, 7) is 6.94. The zero-order chi connectivity index (χ0) is 21.3. The van der Waals surface area contributed by atoms with Crippen LogP contribution in [0.2, 0.25) is 5.02 Å². The molecule has 4 rings (SSSR count). The number of anilines is 1. The quantitative estimate of drug-likeness (QED) is 0.623. The number of carbonyl (C=O) groups excluding carboxylic acids is 1. The number of aromatic nitrogens is 3. The van der Waals surface area contributed by atoms with Crippen molar-refractivity contribution in [3.63, 3.8) is 0 Å². The summed E-state index contributed by atoms with van der Waals surface area (Å²) in [7, 11) is 0. The normalized spacial score (nSPS) is 15.5. The number of primary amides is 1. The summed E-state index contributed by atoms with van der Waals surface area (Å²) in [5.74, 6) is -0.634. The molecular weight excluding hydrogens is 406 g/mol. The number of ether oxygens (including phenoxy) is 2. The number of fused-ring (bicyclic) bond motifs is 1. The van der Waals surface area contributed by atoms with Crippen molar-refractivity contribution in [3.05, 3.63) is 35.4 Å². The van der Waals surface area contributed by atoms with Crippen molar-refractivity contribution in [1.29, 1.82) is 0 Å². The lowest BCUT2D eigenvalue weighted by Gasteiger charge is -2.28. The van der Waals surface area contributed by atoms with E-state index in [2.05, 4.69) is 32.0 Å². The SMILES string of the molecule is CC(C)C(Oc1nc2nc(-c3ccc(N4CCOCC4)cc3)c(Cl)cc2[nH]1)C(N)=O. The first-order valence-corrected chi connectivity index (χ1v) is 10.3. The molecule has 9 heteroatoms. The van der Waals surface area contributed by atoms with Crippen LogP contribution in [0.4, 0.5) is 5.69 Å². The van der Waals surface area contributed by atoms with E-state index in [1.54, 1.807) is 6.07 Å². The summed E-state index contributed by atoms with van der Waals surface area (Å²) in [4.78, 5) is 25.8.